The lowest BCUT2D eigenvalue weighted by atomic mass is 10.1. The number of hydrogen-bond donors (Lipinski definition) is 2. The van der Waals surface area contributed by atoms with Crippen LogP contribution in [0.3, 0.4) is 0 Å². The Labute approximate surface area is 157 Å². The quantitative estimate of drug-likeness (QED) is 0.496. The van der Waals surface area contributed by atoms with E-state index in [9.17, 15) is 9.59 Å². The maximum atomic E-state index is 12.0. The van der Waals surface area contributed by atoms with Crippen LogP contribution in [0.1, 0.15) is 0 Å². The summed E-state index contributed by atoms with van der Waals surface area (Å²) in [4.78, 5) is 28.2. The fourth-order valence-electron chi connectivity index (χ4n) is 2.56. The van der Waals surface area contributed by atoms with Crippen LogP contribution in [0.2, 0.25) is 5.02 Å². The van der Waals surface area contributed by atoms with Gasteiger partial charge in [-0.1, -0.05) is 23.7 Å². The van der Waals surface area contributed by atoms with E-state index in [4.69, 9.17) is 11.6 Å². The first-order valence-corrected chi connectivity index (χ1v) is 9.05. The van der Waals surface area contributed by atoms with E-state index in [1.54, 1.807) is 29.8 Å². The van der Waals surface area contributed by atoms with Gasteiger partial charge in [0.1, 0.15) is 11.4 Å². The molecule has 26 heavy (non-hydrogen) atoms. The molecule has 0 bridgehead atoms. The second-order valence-electron chi connectivity index (χ2n) is 5.62. The number of anilines is 4. The summed E-state index contributed by atoms with van der Waals surface area (Å²) in [6.07, 6.45) is 0. The highest BCUT2D eigenvalue weighted by Gasteiger charge is 2.21. The van der Waals surface area contributed by atoms with Crippen LogP contribution in [-0.2, 0) is 0 Å². The fraction of sp³-hybridized carbons (Fsp3) is 0. The van der Waals surface area contributed by atoms with Crippen LogP contribution in [0.5, 0.6) is 0 Å². The number of rotatable bonds is 5. The lowest BCUT2D eigenvalue weighted by Crippen LogP contribution is -2.35. The molecule has 0 radical (unpaired) electrons. The Morgan fingerprint density at radius 3 is 2.23 bits per heavy atom. The van der Waals surface area contributed by atoms with E-state index in [2.05, 4.69) is 15.6 Å². The van der Waals surface area contributed by atoms with Gasteiger partial charge in [0.25, 0.3) is 10.9 Å². The summed E-state index contributed by atoms with van der Waals surface area (Å²) < 4.78 is 0. The van der Waals surface area contributed by atoms with Crippen molar-refractivity contribution < 1.29 is 0 Å². The van der Waals surface area contributed by atoms with Gasteiger partial charge in [-0.2, -0.15) is 0 Å². The first-order chi connectivity index (χ1) is 12.6. The summed E-state index contributed by atoms with van der Waals surface area (Å²) in [5.74, 6) is 0. The molecule has 0 aliphatic heterocycles. The molecule has 0 atom stereocenters. The summed E-state index contributed by atoms with van der Waals surface area (Å²) in [7, 11) is 0. The van der Waals surface area contributed by atoms with Gasteiger partial charge in [0.05, 0.1) is 11.2 Å². The average molecular weight is 382 g/mol. The number of hydrogen-bond acceptors (Lipinski definition) is 6. The minimum absolute atomic E-state index is 0.247. The number of benzene rings is 2. The number of nitrogens with one attached hydrogen (secondary N) is 2. The summed E-state index contributed by atoms with van der Waals surface area (Å²) in [6.45, 7) is 0. The van der Waals surface area contributed by atoms with Gasteiger partial charge in [0.2, 0.25) is 0 Å². The zero-order chi connectivity index (χ0) is 18.1. The summed E-state index contributed by atoms with van der Waals surface area (Å²) in [5.41, 5.74) is 4.36. The Bertz CT molecular complexity index is 1130. The summed E-state index contributed by atoms with van der Waals surface area (Å²) in [5, 5.41) is 8.56. The van der Waals surface area contributed by atoms with Gasteiger partial charge in [0.15, 0.2) is 0 Å². The molecule has 2 N–H and O–H groups in total. The minimum atomic E-state index is -0.543. The number of nitrogens with zero attached hydrogens (tertiary/aromatic N) is 1. The van der Waals surface area contributed by atoms with Crippen molar-refractivity contribution in [3.8, 4) is 11.3 Å². The highest BCUT2D eigenvalue weighted by atomic mass is 35.5. The Morgan fingerprint density at radius 2 is 1.58 bits per heavy atom. The molecular weight excluding hydrogens is 370 g/mol. The third-order valence-corrected chi connectivity index (χ3v) is 4.72. The first kappa shape index (κ1) is 16.5. The van der Waals surface area contributed by atoms with Crippen LogP contribution in [0.15, 0.2) is 69.0 Å². The topological polar surface area (TPSA) is 71.1 Å². The molecule has 0 saturated heterocycles. The van der Waals surface area contributed by atoms with Gasteiger partial charge in [0, 0.05) is 27.3 Å². The van der Waals surface area contributed by atoms with Crippen LogP contribution >= 0.6 is 22.9 Å². The number of thiazole rings is 1. The molecule has 0 saturated carbocycles. The zero-order valence-corrected chi connectivity index (χ0v) is 14.9. The average Bonchev–Trinajstić information content (AvgIpc) is 3.21. The monoisotopic (exact) mass is 381 g/mol. The van der Waals surface area contributed by atoms with E-state index in [1.807, 2.05) is 29.6 Å². The molecule has 128 valence electrons. The summed E-state index contributed by atoms with van der Waals surface area (Å²) >= 11 is 7.38. The Kier molecular flexibility index (Phi) is 4.28. The second kappa shape index (κ2) is 6.74. The highest BCUT2D eigenvalue weighted by Crippen LogP contribution is 2.27. The molecular formula is C19H12ClN3O2S. The van der Waals surface area contributed by atoms with Crippen molar-refractivity contribution in [3.63, 3.8) is 0 Å². The second-order valence-corrected chi connectivity index (χ2v) is 6.77. The van der Waals surface area contributed by atoms with Gasteiger partial charge < -0.3 is 10.6 Å². The van der Waals surface area contributed by atoms with Crippen LogP contribution in [0.4, 0.5) is 22.7 Å². The number of aromatic nitrogens is 1. The van der Waals surface area contributed by atoms with Crippen molar-refractivity contribution in [1.82, 2.24) is 4.98 Å². The lowest BCUT2D eigenvalue weighted by Gasteiger charge is -2.15. The minimum Gasteiger partial charge on any atom is -0.350 e. The van der Waals surface area contributed by atoms with Crippen LogP contribution in [0, 0.1) is 0 Å². The van der Waals surface area contributed by atoms with E-state index in [0.717, 1.165) is 11.3 Å². The molecule has 4 aromatic rings. The van der Waals surface area contributed by atoms with E-state index in [0.29, 0.717) is 16.4 Å². The van der Waals surface area contributed by atoms with E-state index < -0.39 is 10.9 Å². The Morgan fingerprint density at radius 1 is 0.885 bits per heavy atom. The van der Waals surface area contributed by atoms with Crippen molar-refractivity contribution in [2.75, 3.05) is 10.6 Å². The van der Waals surface area contributed by atoms with Crippen molar-refractivity contribution in [2.24, 2.45) is 0 Å². The van der Waals surface area contributed by atoms with Crippen LogP contribution in [0.25, 0.3) is 11.3 Å². The molecule has 0 unspecified atom stereocenters. The van der Waals surface area contributed by atoms with Crippen molar-refractivity contribution in [2.45, 2.75) is 0 Å². The van der Waals surface area contributed by atoms with Crippen LogP contribution < -0.4 is 21.5 Å². The molecule has 1 heterocycles. The van der Waals surface area contributed by atoms with Crippen molar-refractivity contribution in [1.29, 1.82) is 0 Å². The fourth-order valence-corrected chi connectivity index (χ4v) is 3.25. The van der Waals surface area contributed by atoms with E-state index in [-0.39, 0.29) is 11.4 Å². The van der Waals surface area contributed by atoms with Crippen LogP contribution in [-0.4, -0.2) is 4.98 Å². The van der Waals surface area contributed by atoms with Crippen molar-refractivity contribution in [3.05, 3.63) is 84.9 Å². The molecule has 4 rings (SSSR count). The highest BCUT2D eigenvalue weighted by molar-refractivity contribution is 7.07. The molecule has 0 amide bonds. The Balaban J connectivity index is 1.61. The third kappa shape index (κ3) is 3.12. The first-order valence-electron chi connectivity index (χ1n) is 7.73. The predicted octanol–water partition coefficient (Wildman–Crippen LogP) is 4.55. The largest absolute Gasteiger partial charge is 0.350 e. The van der Waals surface area contributed by atoms with Gasteiger partial charge in [-0.25, -0.2) is 4.98 Å². The normalized spacial score (nSPS) is 10.8. The molecule has 1 aromatic heterocycles. The molecule has 5 nitrogen and oxygen atoms in total. The maximum Gasteiger partial charge on any atom is 0.253 e. The molecule has 3 aromatic carbocycles. The van der Waals surface area contributed by atoms with Crippen molar-refractivity contribution >= 4 is 45.7 Å². The number of halogens is 1. The summed E-state index contributed by atoms with van der Waals surface area (Å²) in [6, 6.07) is 14.4. The lowest BCUT2D eigenvalue weighted by molar-refractivity contribution is 1.35. The smallest absolute Gasteiger partial charge is 0.253 e. The zero-order valence-electron chi connectivity index (χ0n) is 13.3. The van der Waals surface area contributed by atoms with Gasteiger partial charge in [-0.05, 0) is 36.4 Å². The predicted molar refractivity (Wildman–Crippen MR) is 107 cm³/mol. The van der Waals surface area contributed by atoms with Gasteiger partial charge in [-0.3, -0.25) is 9.59 Å². The van der Waals surface area contributed by atoms with Gasteiger partial charge in [-0.15, -0.1) is 11.3 Å². The third-order valence-electron chi connectivity index (χ3n) is 3.88. The molecule has 7 heteroatoms. The molecule has 0 fully saturated rings. The SMILES string of the molecule is O=c1c(Nc2ccc(Cl)cc2)c(Nc2cccc(-c3cscn3)c2)c1=O. The van der Waals surface area contributed by atoms with E-state index >= 15 is 0 Å². The standard InChI is InChI=1S/C19H12ClN3O2S/c20-12-4-6-13(7-5-12)22-16-17(19(25)18(16)24)23-14-3-1-2-11(8-14)15-9-26-10-21-15/h1-10,22-23H. The Hall–Kier alpha value is -2.96. The molecule has 0 aliphatic carbocycles. The molecule has 0 spiro atoms. The van der Waals surface area contributed by atoms with Gasteiger partial charge >= 0.3 is 0 Å². The van der Waals surface area contributed by atoms with E-state index in [1.165, 1.54) is 11.3 Å². The maximum absolute atomic E-state index is 12.0. The molecule has 0 aliphatic rings.